The molecule has 2 amide bonds. The standard InChI is InChI=1S/C41H56Cl2N8O8S/c1-48(15-16-52)41-46-30(39(58)45-20-34(54)37(56)38(57)35(55)22-53)19-36(47-41)44-12-6-2-3-7-25-17-29(43)26(18-28(25)42)21-49-24-60-23-33(49)40(59)51-14-13-50(27-10-11-27)31-8-4-5-9-32(31)51/h4-5,8-9,17-19,27,33-35,37-38,52-57H,2-3,6-7,10-16,20-24H2,1H3,(H,45,58)(H,44,46,47)/t33-,34-,35+,37+,38+/m0/s1. The quantitative estimate of drug-likeness (QED) is 0.0719. The van der Waals surface area contributed by atoms with Crippen molar-refractivity contribution in [2.45, 2.75) is 81.6 Å². The number of thioether (sulfide) groups is 1. The lowest BCUT2D eigenvalue weighted by atomic mass is 10.0. The predicted octanol–water partition coefficient (Wildman–Crippen LogP) is 2.09. The number of aryl methyl sites for hydroxylation is 1. The third-order valence-electron chi connectivity index (χ3n) is 11.1. The molecule has 8 N–H and O–H groups in total. The molecule has 2 fully saturated rings. The molecule has 16 nitrogen and oxygen atoms in total. The first-order chi connectivity index (χ1) is 28.9. The van der Waals surface area contributed by atoms with Gasteiger partial charge in [0.05, 0.1) is 36.7 Å². The lowest BCUT2D eigenvalue weighted by Gasteiger charge is -2.39. The SMILES string of the molecule is CN(CCO)c1nc(NCCCCCc2cc(Cl)c(CN3CSC[C@H]3C(=O)N3CCN(C4CC4)c4ccccc43)cc2Cl)cc(C(=O)NC[C@H](O)[C@@H](O)[C@H](O)[C@H](O)CO)n1. The number of nitrogens with one attached hydrogen (secondary N) is 2. The molecule has 1 aliphatic carbocycles. The zero-order valence-corrected chi connectivity index (χ0v) is 36.0. The topological polar surface area (TPSA) is 218 Å². The van der Waals surface area contributed by atoms with Crippen LogP contribution in [0.15, 0.2) is 42.5 Å². The largest absolute Gasteiger partial charge is 0.395 e. The third kappa shape index (κ3) is 11.5. The normalized spacial score (nSPS) is 18.8. The van der Waals surface area contributed by atoms with Gasteiger partial charge in [0, 0.05) is 80.1 Å². The Balaban J connectivity index is 0.987. The number of halogens is 2. The molecule has 1 saturated heterocycles. The Morgan fingerprint density at radius 2 is 1.65 bits per heavy atom. The summed E-state index contributed by atoms with van der Waals surface area (Å²) in [4.78, 5) is 44.0. The van der Waals surface area contributed by atoms with Crippen molar-refractivity contribution in [2.24, 2.45) is 0 Å². The molecule has 6 rings (SSSR count). The van der Waals surface area contributed by atoms with E-state index in [2.05, 4.69) is 42.5 Å². The van der Waals surface area contributed by atoms with E-state index >= 15 is 0 Å². The van der Waals surface area contributed by atoms with Crippen molar-refractivity contribution in [3.63, 3.8) is 0 Å². The molecule has 3 aromatic rings. The summed E-state index contributed by atoms with van der Waals surface area (Å²) in [6.07, 6.45) is -1.39. The first-order valence-corrected chi connectivity index (χ1v) is 22.3. The van der Waals surface area contributed by atoms with E-state index in [1.165, 1.54) is 18.9 Å². The fraction of sp³-hybridized carbons (Fsp3) is 0.561. The highest BCUT2D eigenvalue weighted by Crippen LogP contribution is 2.41. The van der Waals surface area contributed by atoms with E-state index in [1.54, 1.807) is 23.7 Å². The first kappa shape index (κ1) is 46.0. The number of para-hydroxylation sites is 2. The zero-order chi connectivity index (χ0) is 42.9. The number of carbonyl (C=O) groups excluding carboxylic acids is 2. The van der Waals surface area contributed by atoms with E-state index in [0.717, 1.165) is 66.4 Å². The summed E-state index contributed by atoms with van der Waals surface area (Å²) in [5, 5.41) is 65.1. The molecule has 60 heavy (non-hydrogen) atoms. The summed E-state index contributed by atoms with van der Waals surface area (Å²) in [6, 6.07) is 13.9. The van der Waals surface area contributed by atoms with Gasteiger partial charge in [0.15, 0.2) is 0 Å². The summed E-state index contributed by atoms with van der Waals surface area (Å²) in [6.45, 7) is 1.31. The number of likely N-dealkylation sites (N-methyl/N-ethyl adjacent to an activating group) is 1. The Bertz CT molecular complexity index is 1930. The van der Waals surface area contributed by atoms with Gasteiger partial charge in [0.25, 0.3) is 5.91 Å². The van der Waals surface area contributed by atoms with Crippen molar-refractivity contribution in [1.82, 2.24) is 20.2 Å². The van der Waals surface area contributed by atoms with Crippen LogP contribution in [0.5, 0.6) is 0 Å². The molecule has 3 aliphatic rings. The number of hydrogen-bond donors (Lipinski definition) is 8. The number of hydrogen-bond acceptors (Lipinski definition) is 15. The summed E-state index contributed by atoms with van der Waals surface area (Å²) >= 11 is 15.4. The molecule has 0 radical (unpaired) electrons. The van der Waals surface area contributed by atoms with Crippen molar-refractivity contribution in [3.8, 4) is 0 Å². The molecule has 3 heterocycles. The lowest BCUT2D eigenvalue weighted by molar-refractivity contribution is -0.122. The first-order valence-electron chi connectivity index (χ1n) is 20.4. The minimum Gasteiger partial charge on any atom is -0.395 e. The van der Waals surface area contributed by atoms with Crippen LogP contribution in [0.25, 0.3) is 0 Å². The van der Waals surface area contributed by atoms with Gasteiger partial charge in [-0.05, 0) is 67.5 Å². The number of fused-ring (bicyclic) bond motifs is 1. The van der Waals surface area contributed by atoms with Crippen LogP contribution in [-0.4, -0.2) is 158 Å². The Labute approximate surface area is 364 Å². The average molecular weight is 892 g/mol. The van der Waals surface area contributed by atoms with Crippen LogP contribution in [0.2, 0.25) is 10.0 Å². The summed E-state index contributed by atoms with van der Waals surface area (Å²) in [5.74, 6) is 1.43. The maximum Gasteiger partial charge on any atom is 0.270 e. The Morgan fingerprint density at radius 1 is 0.933 bits per heavy atom. The molecule has 2 aliphatic heterocycles. The smallest absolute Gasteiger partial charge is 0.270 e. The molecule has 0 spiro atoms. The van der Waals surface area contributed by atoms with Crippen LogP contribution in [0, 0.1) is 0 Å². The van der Waals surface area contributed by atoms with Gasteiger partial charge in [-0.2, -0.15) is 4.98 Å². The van der Waals surface area contributed by atoms with E-state index in [4.69, 9.17) is 28.3 Å². The highest BCUT2D eigenvalue weighted by atomic mass is 35.5. The second-order valence-electron chi connectivity index (χ2n) is 15.5. The maximum absolute atomic E-state index is 14.1. The van der Waals surface area contributed by atoms with Crippen LogP contribution in [0.3, 0.4) is 0 Å². The van der Waals surface area contributed by atoms with E-state index in [-0.39, 0.29) is 36.7 Å². The van der Waals surface area contributed by atoms with Crippen molar-refractivity contribution in [2.75, 3.05) is 84.6 Å². The molecule has 1 saturated carbocycles. The number of nitrogens with zero attached hydrogens (tertiary/aromatic N) is 6. The molecular formula is C41H56Cl2N8O8S. The zero-order valence-electron chi connectivity index (χ0n) is 33.7. The highest BCUT2D eigenvalue weighted by Gasteiger charge is 2.40. The molecule has 2 aromatic carbocycles. The van der Waals surface area contributed by atoms with Gasteiger partial charge >= 0.3 is 0 Å². The van der Waals surface area contributed by atoms with E-state index in [1.807, 2.05) is 29.2 Å². The Kier molecular flexibility index (Phi) is 16.5. The summed E-state index contributed by atoms with van der Waals surface area (Å²) in [7, 11) is 1.66. The average Bonchev–Trinajstić information content (AvgIpc) is 4.00. The van der Waals surface area contributed by atoms with Crippen molar-refractivity contribution >= 4 is 69.9 Å². The molecule has 5 atom stereocenters. The second kappa shape index (κ2) is 21.5. The van der Waals surface area contributed by atoms with Gasteiger partial charge in [-0.1, -0.05) is 41.8 Å². The molecule has 19 heteroatoms. The van der Waals surface area contributed by atoms with E-state index in [9.17, 15) is 35.1 Å². The van der Waals surface area contributed by atoms with Crippen LogP contribution in [0.4, 0.5) is 23.1 Å². The van der Waals surface area contributed by atoms with Crippen molar-refractivity contribution in [1.29, 1.82) is 0 Å². The molecule has 0 bridgehead atoms. The summed E-state index contributed by atoms with van der Waals surface area (Å²) in [5.41, 5.74) is 3.94. The number of rotatable bonds is 21. The number of unbranched alkanes of at least 4 members (excludes halogenated alkanes) is 2. The van der Waals surface area contributed by atoms with Gasteiger partial charge < -0.3 is 56.0 Å². The number of aromatic nitrogens is 2. The summed E-state index contributed by atoms with van der Waals surface area (Å²) < 4.78 is 0. The number of benzene rings is 2. The predicted molar refractivity (Wildman–Crippen MR) is 234 cm³/mol. The Morgan fingerprint density at radius 3 is 2.38 bits per heavy atom. The molecule has 1 aromatic heterocycles. The minimum absolute atomic E-state index is 0.0431. The second-order valence-corrected chi connectivity index (χ2v) is 17.3. The minimum atomic E-state index is -1.83. The monoisotopic (exact) mass is 890 g/mol. The van der Waals surface area contributed by atoms with Gasteiger partial charge in [0.2, 0.25) is 11.9 Å². The van der Waals surface area contributed by atoms with Crippen LogP contribution in [-0.2, 0) is 17.8 Å². The number of carbonyl (C=O) groups is 2. The van der Waals surface area contributed by atoms with Crippen molar-refractivity contribution < 1.29 is 40.2 Å². The third-order valence-corrected chi connectivity index (χ3v) is 12.9. The number of anilines is 4. The Hall–Kier alpha value is -3.49. The van der Waals surface area contributed by atoms with Gasteiger partial charge in [-0.25, -0.2) is 4.98 Å². The fourth-order valence-electron chi connectivity index (χ4n) is 7.45. The van der Waals surface area contributed by atoms with Gasteiger partial charge in [-0.3, -0.25) is 14.5 Å². The highest BCUT2D eigenvalue weighted by molar-refractivity contribution is 7.99. The van der Waals surface area contributed by atoms with Crippen LogP contribution < -0.4 is 25.3 Å². The number of aliphatic hydroxyl groups is 6. The van der Waals surface area contributed by atoms with Crippen LogP contribution in [0.1, 0.15) is 53.7 Å². The molecule has 328 valence electrons. The molecular weight excluding hydrogens is 835 g/mol. The van der Waals surface area contributed by atoms with Crippen LogP contribution >= 0.6 is 35.0 Å². The molecule has 0 unspecified atom stereocenters. The van der Waals surface area contributed by atoms with Gasteiger partial charge in [-0.15, -0.1) is 11.8 Å². The van der Waals surface area contributed by atoms with Crippen molar-refractivity contribution in [3.05, 3.63) is 69.3 Å². The van der Waals surface area contributed by atoms with Gasteiger partial charge in [0.1, 0.15) is 29.8 Å². The number of amides is 2. The van der Waals surface area contributed by atoms with E-state index in [0.29, 0.717) is 41.5 Å². The lowest BCUT2D eigenvalue weighted by Crippen LogP contribution is -2.52. The fourth-order valence-corrected chi connectivity index (χ4v) is 9.16. The number of aliphatic hydroxyl groups excluding tert-OH is 6. The maximum atomic E-state index is 14.1. The van der Waals surface area contributed by atoms with E-state index < -0.39 is 43.5 Å².